The van der Waals surface area contributed by atoms with Crippen LogP contribution in [0, 0.1) is 20.9 Å². The molecule has 0 saturated heterocycles. The molecule has 0 saturated carbocycles. The summed E-state index contributed by atoms with van der Waals surface area (Å²) in [4.78, 5) is 33.5. The van der Waals surface area contributed by atoms with Crippen molar-refractivity contribution < 1.29 is 14.5 Å². The maximum absolute atomic E-state index is 11.7. The van der Waals surface area contributed by atoms with E-state index in [4.69, 9.17) is 17.2 Å². The van der Waals surface area contributed by atoms with Crippen molar-refractivity contribution >= 4 is 45.9 Å². The molecule has 8 N–H and O–H groups in total. The molecule has 2 amide bonds. The lowest BCUT2D eigenvalue weighted by Crippen LogP contribution is -2.28. The number of nitro groups is 1. The molecule has 2 rings (SSSR count). The molecule has 0 aromatic heterocycles. The van der Waals surface area contributed by atoms with Crippen molar-refractivity contribution in [3.05, 3.63) is 46.5 Å². The molecule has 0 fully saturated rings. The lowest BCUT2D eigenvalue weighted by Gasteiger charge is -2.18. The predicted molar refractivity (Wildman–Crippen MR) is 129 cm³/mol. The maximum Gasteiger partial charge on any atom is 0.271 e. The molecule has 2 aromatic rings. The second-order valence-electron chi connectivity index (χ2n) is 9.28. The van der Waals surface area contributed by atoms with Gasteiger partial charge in [0.25, 0.3) is 5.69 Å². The van der Waals surface area contributed by atoms with E-state index in [0.717, 1.165) is 0 Å². The second-order valence-corrected chi connectivity index (χ2v) is 9.28. The number of rotatable bonds is 3. The lowest BCUT2D eigenvalue weighted by molar-refractivity contribution is -0.384. The minimum absolute atomic E-state index is 0.0835. The Balaban J connectivity index is 0.000000323. The van der Waals surface area contributed by atoms with Gasteiger partial charge in [0.05, 0.1) is 27.7 Å². The van der Waals surface area contributed by atoms with Crippen LogP contribution in [0.25, 0.3) is 0 Å². The Morgan fingerprint density at radius 2 is 1.19 bits per heavy atom. The van der Waals surface area contributed by atoms with Crippen LogP contribution in [0.2, 0.25) is 0 Å². The average molecular weight is 445 g/mol. The zero-order valence-corrected chi connectivity index (χ0v) is 19.3. The second kappa shape index (κ2) is 9.99. The fraction of sp³-hybridized carbons (Fsp3) is 0.364. The van der Waals surface area contributed by atoms with Crippen molar-refractivity contribution in [3.8, 4) is 0 Å². The van der Waals surface area contributed by atoms with Crippen LogP contribution >= 0.6 is 0 Å². The summed E-state index contributed by atoms with van der Waals surface area (Å²) in [7, 11) is 0. The number of amides is 2. The molecule has 0 aliphatic heterocycles. The number of hydrogen-bond acceptors (Lipinski definition) is 7. The van der Waals surface area contributed by atoms with Crippen molar-refractivity contribution in [2.75, 3.05) is 27.8 Å². The van der Waals surface area contributed by atoms with Gasteiger partial charge in [-0.3, -0.25) is 19.7 Å². The molecule has 0 spiro atoms. The zero-order chi connectivity index (χ0) is 24.9. The van der Waals surface area contributed by atoms with Crippen LogP contribution in [0.5, 0.6) is 0 Å². The molecule has 10 heteroatoms. The Labute approximate surface area is 187 Å². The molecule has 0 heterocycles. The molecule has 0 unspecified atom stereocenters. The van der Waals surface area contributed by atoms with Gasteiger partial charge in [-0.05, 0) is 24.3 Å². The van der Waals surface area contributed by atoms with Gasteiger partial charge in [-0.25, -0.2) is 0 Å². The van der Waals surface area contributed by atoms with Gasteiger partial charge in [0, 0.05) is 28.7 Å². The number of benzene rings is 2. The minimum Gasteiger partial charge on any atom is -0.399 e. The van der Waals surface area contributed by atoms with E-state index in [2.05, 4.69) is 10.6 Å². The van der Waals surface area contributed by atoms with E-state index in [9.17, 15) is 19.7 Å². The van der Waals surface area contributed by atoms with E-state index in [1.807, 2.05) is 20.8 Å². The summed E-state index contributed by atoms with van der Waals surface area (Å²) < 4.78 is 0. The molecular weight excluding hydrogens is 412 g/mol. The summed E-state index contributed by atoms with van der Waals surface area (Å²) in [6.07, 6.45) is 0. The number of carbonyl (C=O) groups excluding carboxylic acids is 2. The summed E-state index contributed by atoms with van der Waals surface area (Å²) in [5.74, 6) is -0.329. The topological polar surface area (TPSA) is 179 Å². The van der Waals surface area contributed by atoms with E-state index in [1.165, 1.54) is 18.2 Å². The highest BCUT2D eigenvalue weighted by Gasteiger charge is 2.23. The third kappa shape index (κ3) is 7.78. The molecule has 10 nitrogen and oxygen atoms in total. The van der Waals surface area contributed by atoms with Crippen molar-refractivity contribution in [1.82, 2.24) is 0 Å². The Morgan fingerprint density at radius 1 is 0.781 bits per heavy atom. The normalized spacial score (nSPS) is 11.1. The van der Waals surface area contributed by atoms with Crippen LogP contribution in [0.4, 0.5) is 34.1 Å². The van der Waals surface area contributed by atoms with E-state index < -0.39 is 15.8 Å². The third-order valence-corrected chi connectivity index (χ3v) is 4.18. The van der Waals surface area contributed by atoms with Crippen LogP contribution in [0.15, 0.2) is 36.4 Å². The van der Waals surface area contributed by atoms with Crippen molar-refractivity contribution in [2.45, 2.75) is 41.5 Å². The van der Waals surface area contributed by atoms with Gasteiger partial charge >= 0.3 is 0 Å². The lowest BCUT2D eigenvalue weighted by atomic mass is 9.95. The van der Waals surface area contributed by atoms with E-state index in [0.29, 0.717) is 22.7 Å². The number of carbonyl (C=O) groups is 2. The molecule has 2 aromatic carbocycles. The first-order valence-corrected chi connectivity index (χ1v) is 9.84. The highest BCUT2D eigenvalue weighted by Crippen LogP contribution is 2.27. The van der Waals surface area contributed by atoms with Crippen LogP contribution in [-0.2, 0) is 9.59 Å². The number of nitrogens with one attached hydrogen (secondary N) is 2. The Hall–Kier alpha value is -3.82. The van der Waals surface area contributed by atoms with Crippen LogP contribution in [0.1, 0.15) is 41.5 Å². The highest BCUT2D eigenvalue weighted by atomic mass is 16.6. The number of hydrogen-bond donors (Lipinski definition) is 5. The molecule has 32 heavy (non-hydrogen) atoms. The number of non-ortho nitro benzene ring substituents is 1. The molecular formula is C22H32N6O4. The number of nitrogens with two attached hydrogens (primary N) is 3. The molecule has 0 aliphatic carbocycles. The van der Waals surface area contributed by atoms with Crippen LogP contribution in [0.3, 0.4) is 0 Å². The Morgan fingerprint density at radius 3 is 1.59 bits per heavy atom. The predicted octanol–water partition coefficient (Wildman–Crippen LogP) is 4.00. The summed E-state index contributed by atoms with van der Waals surface area (Å²) >= 11 is 0. The Bertz CT molecular complexity index is 1010. The first-order chi connectivity index (χ1) is 14.5. The number of nitrogen functional groups attached to an aromatic ring is 3. The summed E-state index contributed by atoms with van der Waals surface area (Å²) in [5, 5.41) is 15.9. The first kappa shape index (κ1) is 26.2. The first-order valence-electron chi connectivity index (χ1n) is 9.84. The van der Waals surface area contributed by atoms with E-state index in [1.54, 1.807) is 39.0 Å². The van der Waals surface area contributed by atoms with Gasteiger partial charge in [-0.2, -0.15) is 0 Å². The number of nitrogens with zero attached hydrogens (tertiary/aromatic N) is 1. The SMILES string of the molecule is CC(C)(C)C(=O)Nc1cc(N)ccc1N.CC(C)(C)C(=O)Nc1cc([N+](=O)[O-])ccc1N. The monoisotopic (exact) mass is 444 g/mol. The standard InChI is InChI=1S/C11H15N3O3.C11H17N3O/c1-11(2,3)10(15)13-9-6-7(14(16)17)4-5-8(9)12;1-11(2,3)10(15)14-9-6-7(12)4-5-8(9)13/h4-6H,12H2,1-3H3,(H,13,15);4-6H,12-13H2,1-3H3,(H,14,15). The van der Waals surface area contributed by atoms with Gasteiger partial charge in [0.2, 0.25) is 11.8 Å². The molecule has 174 valence electrons. The van der Waals surface area contributed by atoms with Gasteiger partial charge in [0.1, 0.15) is 0 Å². The fourth-order valence-electron chi connectivity index (χ4n) is 2.07. The van der Waals surface area contributed by atoms with Crippen LogP contribution < -0.4 is 27.8 Å². The van der Waals surface area contributed by atoms with Crippen molar-refractivity contribution in [2.24, 2.45) is 10.8 Å². The van der Waals surface area contributed by atoms with Gasteiger partial charge in [-0.1, -0.05) is 41.5 Å². The molecule has 0 atom stereocenters. The quantitative estimate of drug-likeness (QED) is 0.269. The van der Waals surface area contributed by atoms with E-state index in [-0.39, 0.29) is 23.2 Å². The largest absolute Gasteiger partial charge is 0.399 e. The summed E-state index contributed by atoms with van der Waals surface area (Å²) in [6.45, 7) is 10.8. The third-order valence-electron chi connectivity index (χ3n) is 4.18. The minimum atomic E-state index is -0.586. The molecule has 0 aliphatic rings. The summed E-state index contributed by atoms with van der Waals surface area (Å²) in [5.41, 5.74) is 18.0. The summed E-state index contributed by atoms with van der Waals surface area (Å²) in [6, 6.07) is 8.96. The average Bonchev–Trinajstić information content (AvgIpc) is 2.65. The number of nitro benzene ring substituents is 1. The Kier molecular flexibility index (Phi) is 8.19. The van der Waals surface area contributed by atoms with Crippen molar-refractivity contribution in [1.29, 1.82) is 0 Å². The maximum atomic E-state index is 11.7. The number of anilines is 5. The zero-order valence-electron chi connectivity index (χ0n) is 19.3. The fourth-order valence-corrected chi connectivity index (χ4v) is 2.07. The molecule has 0 bridgehead atoms. The van der Waals surface area contributed by atoms with E-state index >= 15 is 0 Å². The van der Waals surface area contributed by atoms with Crippen LogP contribution in [-0.4, -0.2) is 16.7 Å². The smallest absolute Gasteiger partial charge is 0.271 e. The van der Waals surface area contributed by atoms with Gasteiger partial charge < -0.3 is 27.8 Å². The molecule has 0 radical (unpaired) electrons. The van der Waals surface area contributed by atoms with Gasteiger partial charge in [-0.15, -0.1) is 0 Å². The highest BCUT2D eigenvalue weighted by molar-refractivity contribution is 5.98. The van der Waals surface area contributed by atoms with Gasteiger partial charge in [0.15, 0.2) is 0 Å². The van der Waals surface area contributed by atoms with Crippen molar-refractivity contribution in [3.63, 3.8) is 0 Å².